The summed E-state index contributed by atoms with van der Waals surface area (Å²) in [5.41, 5.74) is 1.32. The fourth-order valence-corrected chi connectivity index (χ4v) is 3.14. The van der Waals surface area contributed by atoms with Crippen LogP contribution in [0.15, 0.2) is 71.8 Å². The third-order valence-corrected chi connectivity index (χ3v) is 4.67. The molecule has 2 nitrogen and oxygen atoms in total. The summed E-state index contributed by atoms with van der Waals surface area (Å²) in [7, 11) is 0. The van der Waals surface area contributed by atoms with Gasteiger partial charge in [0.1, 0.15) is 18.5 Å². The van der Waals surface area contributed by atoms with Crippen LogP contribution in [0.1, 0.15) is 32.3 Å². The van der Waals surface area contributed by atoms with Crippen molar-refractivity contribution >= 4 is 11.8 Å². The molecule has 0 amide bonds. The standard InChI is InChI=1S/C21H26O2S/c1-16(2)18-10-12-19(13-11-18)22-14-20(23-17(3)4)15-24-21-8-6-5-7-9-21/h5-13,16,20H,3,14-15H2,1-2,4H3. The van der Waals surface area contributed by atoms with Gasteiger partial charge in [-0.2, -0.15) is 0 Å². The Morgan fingerprint density at radius 1 is 1.04 bits per heavy atom. The third kappa shape index (κ3) is 6.32. The molecule has 2 aromatic rings. The maximum absolute atomic E-state index is 5.91. The van der Waals surface area contributed by atoms with Crippen LogP contribution in [0, 0.1) is 0 Å². The van der Waals surface area contributed by atoms with E-state index in [2.05, 4.69) is 44.7 Å². The van der Waals surface area contributed by atoms with E-state index in [4.69, 9.17) is 9.47 Å². The van der Waals surface area contributed by atoms with Gasteiger partial charge < -0.3 is 9.47 Å². The number of benzene rings is 2. The quantitative estimate of drug-likeness (QED) is 0.417. The van der Waals surface area contributed by atoms with E-state index in [1.807, 2.05) is 37.3 Å². The largest absolute Gasteiger partial charge is 0.491 e. The fourth-order valence-electron chi connectivity index (χ4n) is 2.24. The first-order chi connectivity index (χ1) is 11.5. The van der Waals surface area contributed by atoms with Crippen LogP contribution in [0.2, 0.25) is 0 Å². The van der Waals surface area contributed by atoms with Crippen molar-refractivity contribution in [1.29, 1.82) is 0 Å². The Labute approximate surface area is 149 Å². The lowest BCUT2D eigenvalue weighted by Gasteiger charge is -2.19. The zero-order valence-electron chi connectivity index (χ0n) is 14.7. The maximum Gasteiger partial charge on any atom is 0.141 e. The normalized spacial score (nSPS) is 12.0. The molecular weight excluding hydrogens is 316 g/mol. The first-order valence-corrected chi connectivity index (χ1v) is 9.26. The summed E-state index contributed by atoms with van der Waals surface area (Å²) in [5.74, 6) is 2.94. The van der Waals surface area contributed by atoms with Crippen LogP contribution in [0.5, 0.6) is 5.75 Å². The molecule has 0 bridgehead atoms. The molecule has 1 unspecified atom stereocenters. The second-order valence-corrected chi connectivity index (χ2v) is 7.19. The topological polar surface area (TPSA) is 18.5 Å². The van der Waals surface area contributed by atoms with Crippen molar-refractivity contribution in [3.63, 3.8) is 0 Å². The molecule has 2 rings (SSSR count). The van der Waals surface area contributed by atoms with E-state index in [0.717, 1.165) is 11.5 Å². The lowest BCUT2D eigenvalue weighted by Crippen LogP contribution is -2.23. The summed E-state index contributed by atoms with van der Waals surface area (Å²) >= 11 is 1.77. The highest BCUT2D eigenvalue weighted by atomic mass is 32.2. The minimum absolute atomic E-state index is 0.0301. The molecule has 3 heteroatoms. The van der Waals surface area contributed by atoms with Gasteiger partial charge in [-0.3, -0.25) is 0 Å². The minimum Gasteiger partial charge on any atom is -0.491 e. The number of hydrogen-bond acceptors (Lipinski definition) is 3. The second-order valence-electron chi connectivity index (χ2n) is 6.10. The molecule has 0 saturated carbocycles. The average Bonchev–Trinajstić information content (AvgIpc) is 2.58. The Morgan fingerprint density at radius 2 is 1.71 bits per heavy atom. The molecule has 0 aliphatic carbocycles. The molecule has 0 aromatic heterocycles. The second kappa shape index (κ2) is 9.43. The van der Waals surface area contributed by atoms with E-state index in [0.29, 0.717) is 18.3 Å². The van der Waals surface area contributed by atoms with Crippen molar-refractivity contribution < 1.29 is 9.47 Å². The van der Waals surface area contributed by atoms with Gasteiger partial charge in [-0.1, -0.05) is 50.8 Å². The summed E-state index contributed by atoms with van der Waals surface area (Å²) in [4.78, 5) is 1.23. The molecular formula is C21H26O2S. The van der Waals surface area contributed by atoms with Crippen molar-refractivity contribution in [2.45, 2.75) is 37.7 Å². The predicted molar refractivity (Wildman–Crippen MR) is 103 cm³/mol. The van der Waals surface area contributed by atoms with Gasteiger partial charge in [0.25, 0.3) is 0 Å². The molecule has 0 aliphatic heterocycles. The van der Waals surface area contributed by atoms with Crippen LogP contribution in [-0.2, 0) is 4.74 Å². The minimum atomic E-state index is -0.0301. The number of hydrogen-bond donors (Lipinski definition) is 0. The number of allylic oxidation sites excluding steroid dienone is 1. The summed E-state index contributed by atoms with van der Waals surface area (Å²) in [5, 5.41) is 0. The Bertz CT molecular complexity index is 620. The van der Waals surface area contributed by atoms with Gasteiger partial charge >= 0.3 is 0 Å². The maximum atomic E-state index is 5.91. The van der Waals surface area contributed by atoms with Crippen LogP contribution in [0.3, 0.4) is 0 Å². The van der Waals surface area contributed by atoms with Gasteiger partial charge in [0, 0.05) is 10.6 Å². The van der Waals surface area contributed by atoms with E-state index < -0.39 is 0 Å². The van der Waals surface area contributed by atoms with Crippen LogP contribution in [0.25, 0.3) is 0 Å². The Hall–Kier alpha value is -1.87. The number of thioether (sulfide) groups is 1. The van der Waals surface area contributed by atoms with E-state index >= 15 is 0 Å². The highest BCUT2D eigenvalue weighted by Gasteiger charge is 2.12. The monoisotopic (exact) mass is 342 g/mol. The van der Waals surface area contributed by atoms with E-state index in [1.54, 1.807) is 11.8 Å². The van der Waals surface area contributed by atoms with Gasteiger partial charge in [-0.25, -0.2) is 0 Å². The van der Waals surface area contributed by atoms with E-state index in [-0.39, 0.29) is 6.10 Å². The molecule has 0 heterocycles. The van der Waals surface area contributed by atoms with Crippen molar-refractivity contribution in [3.8, 4) is 5.75 Å². The van der Waals surface area contributed by atoms with Crippen molar-refractivity contribution in [2.24, 2.45) is 0 Å². The molecule has 2 aromatic carbocycles. The molecule has 0 radical (unpaired) electrons. The zero-order valence-corrected chi connectivity index (χ0v) is 15.5. The first kappa shape index (κ1) is 18.5. The first-order valence-electron chi connectivity index (χ1n) is 8.27. The average molecular weight is 343 g/mol. The summed E-state index contributed by atoms with van der Waals surface area (Å²) in [6.45, 7) is 10.6. The zero-order chi connectivity index (χ0) is 17.4. The smallest absolute Gasteiger partial charge is 0.141 e. The lowest BCUT2D eigenvalue weighted by molar-refractivity contribution is 0.0872. The number of rotatable bonds is 9. The molecule has 24 heavy (non-hydrogen) atoms. The Balaban J connectivity index is 1.89. The van der Waals surface area contributed by atoms with E-state index in [1.165, 1.54) is 10.5 Å². The predicted octanol–water partition coefficient (Wildman–Crippen LogP) is 5.90. The van der Waals surface area contributed by atoms with Crippen molar-refractivity contribution in [2.75, 3.05) is 12.4 Å². The van der Waals surface area contributed by atoms with E-state index in [9.17, 15) is 0 Å². The lowest BCUT2D eigenvalue weighted by atomic mass is 10.0. The van der Waals surface area contributed by atoms with Gasteiger partial charge in [0.2, 0.25) is 0 Å². The SMILES string of the molecule is C=C(C)OC(COc1ccc(C(C)C)cc1)CSc1ccccc1. The highest BCUT2D eigenvalue weighted by Crippen LogP contribution is 2.22. The van der Waals surface area contributed by atoms with Gasteiger partial charge in [0.15, 0.2) is 0 Å². The molecule has 0 N–H and O–H groups in total. The van der Waals surface area contributed by atoms with Gasteiger partial charge in [-0.05, 0) is 42.7 Å². The van der Waals surface area contributed by atoms with Crippen molar-refractivity contribution in [1.82, 2.24) is 0 Å². The van der Waals surface area contributed by atoms with Crippen LogP contribution in [-0.4, -0.2) is 18.5 Å². The molecule has 128 valence electrons. The Morgan fingerprint density at radius 3 is 2.29 bits per heavy atom. The molecule has 0 aliphatic rings. The molecule has 0 spiro atoms. The van der Waals surface area contributed by atoms with Crippen LogP contribution >= 0.6 is 11.8 Å². The van der Waals surface area contributed by atoms with Gasteiger partial charge in [-0.15, -0.1) is 11.8 Å². The third-order valence-electron chi connectivity index (χ3n) is 3.53. The summed E-state index contributed by atoms with van der Waals surface area (Å²) in [6.07, 6.45) is -0.0301. The van der Waals surface area contributed by atoms with Crippen LogP contribution < -0.4 is 4.74 Å². The highest BCUT2D eigenvalue weighted by molar-refractivity contribution is 7.99. The summed E-state index contributed by atoms with van der Waals surface area (Å²) < 4.78 is 11.7. The van der Waals surface area contributed by atoms with Gasteiger partial charge in [0.05, 0.1) is 5.76 Å². The molecule has 1 atom stereocenters. The number of ether oxygens (including phenoxy) is 2. The fraction of sp³-hybridized carbons (Fsp3) is 0.333. The Kier molecular flexibility index (Phi) is 7.26. The molecule has 0 fully saturated rings. The summed E-state index contributed by atoms with van der Waals surface area (Å²) in [6, 6.07) is 18.6. The van der Waals surface area contributed by atoms with Crippen LogP contribution in [0.4, 0.5) is 0 Å². The molecule has 0 saturated heterocycles. The van der Waals surface area contributed by atoms with Crippen molar-refractivity contribution in [3.05, 3.63) is 72.5 Å².